The van der Waals surface area contributed by atoms with E-state index in [1.165, 1.54) is 30.6 Å². The summed E-state index contributed by atoms with van der Waals surface area (Å²) in [6.07, 6.45) is 4.41. The van der Waals surface area contributed by atoms with Crippen LogP contribution in [-0.4, -0.2) is 47.2 Å². The lowest BCUT2D eigenvalue weighted by molar-refractivity contribution is 0.0216. The number of thiophene rings is 1. The first-order chi connectivity index (χ1) is 11.2. The van der Waals surface area contributed by atoms with Crippen molar-refractivity contribution >= 4 is 39.1 Å². The van der Waals surface area contributed by atoms with Crippen LogP contribution in [-0.2, 0) is 0 Å². The molecule has 23 heavy (non-hydrogen) atoms. The van der Waals surface area contributed by atoms with E-state index >= 15 is 0 Å². The van der Waals surface area contributed by atoms with Crippen LogP contribution in [0.4, 0.5) is 0 Å². The predicted molar refractivity (Wildman–Crippen MR) is 96.4 cm³/mol. The van der Waals surface area contributed by atoms with Crippen molar-refractivity contribution in [2.24, 2.45) is 5.92 Å². The van der Waals surface area contributed by atoms with E-state index in [2.05, 4.69) is 33.6 Å². The van der Waals surface area contributed by atoms with Crippen molar-refractivity contribution in [3.8, 4) is 0 Å². The molecular weight excluding hydrogens is 326 g/mol. The molecule has 5 heterocycles. The Morgan fingerprint density at radius 3 is 2.91 bits per heavy atom. The standard InChI is InChI=1S/C17H21N3OS2/c1-10-14(11-3-6-20(10)7-4-11)19-16(21)13-9-12-5-8-23-15(12)17(18-13)22-2/h5,8-11,14H,3-4,6-7H2,1-2H3,(H,19,21)/t10-,14-/m0/s1. The molecule has 2 bridgehead atoms. The van der Waals surface area contributed by atoms with Crippen LogP contribution in [0.2, 0.25) is 0 Å². The van der Waals surface area contributed by atoms with Gasteiger partial charge in [-0.15, -0.1) is 23.1 Å². The fraction of sp³-hybridized carbons (Fsp3) is 0.529. The lowest BCUT2D eigenvalue weighted by Gasteiger charge is -2.49. The number of aromatic nitrogens is 1. The van der Waals surface area contributed by atoms with Gasteiger partial charge < -0.3 is 5.32 Å². The molecule has 0 aliphatic carbocycles. The normalized spacial score (nSPS) is 29.8. The maximum absolute atomic E-state index is 12.8. The van der Waals surface area contributed by atoms with Gasteiger partial charge in [0.15, 0.2) is 0 Å². The first kappa shape index (κ1) is 15.4. The van der Waals surface area contributed by atoms with Crippen molar-refractivity contribution in [2.75, 3.05) is 19.3 Å². The molecular formula is C17H21N3OS2. The van der Waals surface area contributed by atoms with E-state index in [0.717, 1.165) is 10.4 Å². The van der Waals surface area contributed by atoms with Gasteiger partial charge in [0.2, 0.25) is 0 Å². The highest BCUT2D eigenvalue weighted by atomic mass is 32.2. The number of carbonyl (C=O) groups is 1. The SMILES string of the molecule is CSc1nc(C(=O)N[C@@H]2C3CCN(CC3)[C@H]2C)cc2ccsc12. The third-order valence-electron chi connectivity index (χ3n) is 5.31. The summed E-state index contributed by atoms with van der Waals surface area (Å²) in [5, 5.41) is 7.40. The van der Waals surface area contributed by atoms with Crippen molar-refractivity contribution in [1.29, 1.82) is 0 Å². The summed E-state index contributed by atoms with van der Waals surface area (Å²) in [7, 11) is 0. The average molecular weight is 348 g/mol. The molecule has 0 radical (unpaired) electrons. The van der Waals surface area contributed by atoms with Gasteiger partial charge in [0.1, 0.15) is 10.7 Å². The van der Waals surface area contributed by atoms with Crippen LogP contribution < -0.4 is 5.32 Å². The molecule has 122 valence electrons. The van der Waals surface area contributed by atoms with Gasteiger partial charge in [0.25, 0.3) is 5.91 Å². The summed E-state index contributed by atoms with van der Waals surface area (Å²) in [5.74, 6) is 0.586. The zero-order valence-corrected chi connectivity index (χ0v) is 15.0. The number of fused-ring (bicyclic) bond motifs is 4. The summed E-state index contributed by atoms with van der Waals surface area (Å²) in [6, 6.07) is 4.67. The fourth-order valence-corrected chi connectivity index (χ4v) is 5.62. The third kappa shape index (κ3) is 2.66. The van der Waals surface area contributed by atoms with Crippen molar-refractivity contribution < 1.29 is 4.79 Å². The van der Waals surface area contributed by atoms with E-state index in [9.17, 15) is 4.79 Å². The Balaban J connectivity index is 1.59. The van der Waals surface area contributed by atoms with Crippen LogP contribution in [0.3, 0.4) is 0 Å². The van der Waals surface area contributed by atoms with Crippen molar-refractivity contribution in [3.05, 3.63) is 23.2 Å². The van der Waals surface area contributed by atoms with E-state index in [1.807, 2.05) is 12.3 Å². The van der Waals surface area contributed by atoms with Crippen LogP contribution in [0.1, 0.15) is 30.3 Å². The molecule has 0 saturated carbocycles. The number of hydrogen-bond acceptors (Lipinski definition) is 5. The molecule has 4 nitrogen and oxygen atoms in total. The number of piperidine rings is 3. The highest BCUT2D eigenvalue weighted by molar-refractivity contribution is 7.98. The fourth-order valence-electron chi connectivity index (χ4n) is 3.97. The van der Waals surface area contributed by atoms with E-state index in [0.29, 0.717) is 17.7 Å². The quantitative estimate of drug-likeness (QED) is 0.866. The summed E-state index contributed by atoms with van der Waals surface area (Å²) in [4.78, 5) is 19.9. The van der Waals surface area contributed by atoms with Gasteiger partial charge in [-0.25, -0.2) is 4.98 Å². The summed E-state index contributed by atoms with van der Waals surface area (Å²) >= 11 is 3.29. The lowest BCUT2D eigenvalue weighted by atomic mass is 9.79. The van der Waals surface area contributed by atoms with Crippen LogP contribution in [0.25, 0.3) is 10.1 Å². The Hall–Kier alpha value is -1.11. The zero-order valence-electron chi connectivity index (χ0n) is 13.4. The molecule has 5 rings (SSSR count). The first-order valence-corrected chi connectivity index (χ1v) is 10.2. The van der Waals surface area contributed by atoms with Crippen molar-refractivity contribution in [2.45, 2.75) is 36.9 Å². The van der Waals surface area contributed by atoms with Crippen LogP contribution >= 0.6 is 23.1 Å². The summed E-state index contributed by atoms with van der Waals surface area (Å²) in [5.41, 5.74) is 0.545. The number of thioether (sulfide) groups is 1. The van der Waals surface area contributed by atoms with Crippen molar-refractivity contribution in [1.82, 2.24) is 15.2 Å². The number of hydrogen-bond donors (Lipinski definition) is 1. The van der Waals surface area contributed by atoms with Gasteiger partial charge >= 0.3 is 0 Å². The second-order valence-electron chi connectivity index (χ2n) is 6.47. The van der Waals surface area contributed by atoms with E-state index < -0.39 is 0 Å². The third-order valence-corrected chi connectivity index (χ3v) is 7.05. The number of nitrogens with zero attached hydrogens (tertiary/aromatic N) is 2. The molecule has 6 heteroatoms. The largest absolute Gasteiger partial charge is 0.346 e. The Bertz CT molecular complexity index is 735. The van der Waals surface area contributed by atoms with E-state index in [4.69, 9.17) is 0 Å². The zero-order chi connectivity index (χ0) is 16.0. The molecule has 2 aromatic rings. The van der Waals surface area contributed by atoms with Gasteiger partial charge in [0.05, 0.1) is 4.70 Å². The minimum Gasteiger partial charge on any atom is -0.346 e. The Morgan fingerprint density at radius 1 is 1.43 bits per heavy atom. The molecule has 3 saturated heterocycles. The average Bonchev–Trinajstić information content (AvgIpc) is 3.06. The smallest absolute Gasteiger partial charge is 0.270 e. The van der Waals surface area contributed by atoms with E-state index in [1.54, 1.807) is 23.1 Å². The van der Waals surface area contributed by atoms with E-state index in [-0.39, 0.29) is 11.9 Å². The van der Waals surface area contributed by atoms with Gasteiger partial charge in [-0.05, 0) is 67.9 Å². The molecule has 3 aliphatic heterocycles. The minimum atomic E-state index is -0.0287. The van der Waals surface area contributed by atoms with Crippen LogP contribution in [0, 0.1) is 5.92 Å². The maximum atomic E-state index is 12.8. The molecule has 1 N–H and O–H groups in total. The molecule has 3 fully saturated rings. The number of amides is 1. The molecule has 0 unspecified atom stereocenters. The van der Waals surface area contributed by atoms with Crippen molar-refractivity contribution in [3.63, 3.8) is 0 Å². The molecule has 2 aromatic heterocycles. The Morgan fingerprint density at radius 2 is 2.22 bits per heavy atom. The molecule has 3 aliphatic rings. The highest BCUT2D eigenvalue weighted by Gasteiger charge is 2.40. The second kappa shape index (κ2) is 6.07. The Kier molecular flexibility index (Phi) is 4.07. The molecule has 2 atom stereocenters. The number of nitrogens with one attached hydrogen (secondary N) is 1. The predicted octanol–water partition coefficient (Wildman–Crippen LogP) is 3.23. The number of pyridine rings is 1. The molecule has 0 aromatic carbocycles. The molecule has 1 amide bonds. The highest BCUT2D eigenvalue weighted by Crippen LogP contribution is 2.33. The monoisotopic (exact) mass is 347 g/mol. The van der Waals surface area contributed by atoms with Gasteiger partial charge in [0, 0.05) is 12.1 Å². The van der Waals surface area contributed by atoms with Gasteiger partial charge in [-0.2, -0.15) is 0 Å². The summed E-state index contributed by atoms with van der Waals surface area (Å²) < 4.78 is 1.17. The number of carbonyl (C=O) groups excluding carboxylic acids is 1. The maximum Gasteiger partial charge on any atom is 0.270 e. The van der Waals surface area contributed by atoms with Crippen LogP contribution in [0.5, 0.6) is 0 Å². The van der Waals surface area contributed by atoms with Crippen LogP contribution in [0.15, 0.2) is 22.5 Å². The topological polar surface area (TPSA) is 45.2 Å². The minimum absolute atomic E-state index is 0.0287. The Labute approximate surface area is 144 Å². The summed E-state index contributed by atoms with van der Waals surface area (Å²) in [6.45, 7) is 4.58. The lowest BCUT2D eigenvalue weighted by Crippen LogP contribution is -2.62. The molecule has 0 spiro atoms. The number of rotatable bonds is 3. The first-order valence-electron chi connectivity index (χ1n) is 8.14. The second-order valence-corrected chi connectivity index (χ2v) is 8.18. The van der Waals surface area contributed by atoms with Gasteiger partial charge in [-0.1, -0.05) is 0 Å². The van der Waals surface area contributed by atoms with Gasteiger partial charge in [-0.3, -0.25) is 9.69 Å².